The molecule has 0 saturated heterocycles. The van der Waals surface area contributed by atoms with E-state index in [0.29, 0.717) is 0 Å². The molecule has 0 aliphatic carbocycles. The van der Waals surface area contributed by atoms with E-state index in [-0.39, 0.29) is 0 Å². The molecule has 0 unspecified atom stereocenters. The average Bonchev–Trinajstić information content (AvgIpc) is 2.38. The monoisotopic (exact) mass is 236 g/mol. The average molecular weight is 236 g/mol. The van der Waals surface area contributed by atoms with Gasteiger partial charge in [0.2, 0.25) is 0 Å². The summed E-state index contributed by atoms with van der Waals surface area (Å²) in [5, 5.41) is 3.39. The molecule has 1 aromatic rings. The molecule has 0 aromatic carbocycles. The van der Waals surface area contributed by atoms with Gasteiger partial charge in [-0.1, -0.05) is 13.0 Å². The topological polar surface area (TPSA) is 34.1 Å². The van der Waals surface area contributed by atoms with Crippen LogP contribution in [0.2, 0.25) is 0 Å². The van der Waals surface area contributed by atoms with E-state index in [0.717, 1.165) is 44.8 Å². The first kappa shape index (κ1) is 14.1. The molecular weight excluding hydrogens is 212 g/mol. The van der Waals surface area contributed by atoms with Gasteiger partial charge < -0.3 is 10.1 Å². The van der Waals surface area contributed by atoms with Crippen LogP contribution in [0.5, 0.6) is 0 Å². The highest BCUT2D eigenvalue weighted by atomic mass is 16.5. The molecule has 0 spiro atoms. The zero-order valence-electron chi connectivity index (χ0n) is 10.8. The van der Waals surface area contributed by atoms with Crippen molar-refractivity contribution < 1.29 is 4.74 Å². The molecule has 0 fully saturated rings. The Morgan fingerprint density at radius 3 is 2.88 bits per heavy atom. The first-order valence-electron chi connectivity index (χ1n) is 6.62. The maximum atomic E-state index is 5.58. The third-order valence-electron chi connectivity index (χ3n) is 2.55. The predicted octanol–water partition coefficient (Wildman–Crippen LogP) is 2.42. The Hall–Kier alpha value is -0.930. The van der Waals surface area contributed by atoms with E-state index in [9.17, 15) is 0 Å². The lowest BCUT2D eigenvalue weighted by Crippen LogP contribution is -2.16. The maximum Gasteiger partial charge on any atom is 0.0521 e. The number of nitrogens with one attached hydrogen (secondary N) is 1. The molecule has 0 radical (unpaired) electrons. The molecule has 1 N–H and O–H groups in total. The van der Waals surface area contributed by atoms with Crippen LogP contribution >= 0.6 is 0 Å². The van der Waals surface area contributed by atoms with Crippen molar-refractivity contribution in [2.75, 3.05) is 26.3 Å². The summed E-state index contributed by atoms with van der Waals surface area (Å²) in [7, 11) is 0. The van der Waals surface area contributed by atoms with Crippen LogP contribution in [0.1, 0.15) is 31.9 Å². The number of unbranched alkanes of at least 4 members (excludes halogenated alkanes) is 1. The molecule has 0 bridgehead atoms. The summed E-state index contributed by atoms with van der Waals surface area (Å²) >= 11 is 0. The number of hydrogen-bond donors (Lipinski definition) is 1. The van der Waals surface area contributed by atoms with Crippen molar-refractivity contribution in [2.24, 2.45) is 0 Å². The zero-order chi connectivity index (χ0) is 12.2. The lowest BCUT2D eigenvalue weighted by molar-refractivity contribution is 0.132. The number of aromatic nitrogens is 1. The fraction of sp³-hybridized carbons (Fsp3) is 0.643. The Morgan fingerprint density at radius 2 is 2.12 bits per heavy atom. The summed E-state index contributed by atoms with van der Waals surface area (Å²) < 4.78 is 5.58. The Balaban J connectivity index is 1.85. The van der Waals surface area contributed by atoms with Crippen molar-refractivity contribution in [1.29, 1.82) is 0 Å². The molecule has 0 saturated carbocycles. The molecule has 0 atom stereocenters. The van der Waals surface area contributed by atoms with E-state index in [1.807, 2.05) is 24.4 Å². The maximum absolute atomic E-state index is 5.58. The fourth-order valence-electron chi connectivity index (χ4n) is 1.58. The largest absolute Gasteiger partial charge is 0.381 e. The van der Waals surface area contributed by atoms with E-state index < -0.39 is 0 Å². The molecule has 1 aromatic heterocycles. The third kappa shape index (κ3) is 7.88. The second-order valence-corrected chi connectivity index (χ2v) is 4.14. The summed E-state index contributed by atoms with van der Waals surface area (Å²) in [6.07, 6.45) is 6.28. The van der Waals surface area contributed by atoms with Crippen LogP contribution in [0.15, 0.2) is 24.4 Å². The molecule has 0 amide bonds. The van der Waals surface area contributed by atoms with Gasteiger partial charge in [-0.05, 0) is 44.5 Å². The van der Waals surface area contributed by atoms with E-state index in [1.54, 1.807) is 0 Å². The summed E-state index contributed by atoms with van der Waals surface area (Å²) in [4.78, 5) is 4.26. The fourth-order valence-corrected chi connectivity index (χ4v) is 1.58. The number of pyridine rings is 1. The smallest absolute Gasteiger partial charge is 0.0521 e. The molecular formula is C14H24N2O. The van der Waals surface area contributed by atoms with E-state index in [2.05, 4.69) is 17.2 Å². The Morgan fingerprint density at radius 1 is 1.18 bits per heavy atom. The van der Waals surface area contributed by atoms with Gasteiger partial charge in [-0.25, -0.2) is 0 Å². The van der Waals surface area contributed by atoms with E-state index in [1.165, 1.54) is 12.8 Å². The van der Waals surface area contributed by atoms with Gasteiger partial charge >= 0.3 is 0 Å². The van der Waals surface area contributed by atoms with Crippen LogP contribution in [0, 0.1) is 0 Å². The number of nitrogens with zero attached hydrogens (tertiary/aromatic N) is 1. The second-order valence-electron chi connectivity index (χ2n) is 4.14. The van der Waals surface area contributed by atoms with Crippen LogP contribution in [0.25, 0.3) is 0 Å². The lowest BCUT2D eigenvalue weighted by atomic mass is 10.3. The molecule has 0 aliphatic heterocycles. The van der Waals surface area contributed by atoms with Crippen molar-refractivity contribution in [3.8, 4) is 0 Å². The van der Waals surface area contributed by atoms with Crippen molar-refractivity contribution >= 4 is 0 Å². The van der Waals surface area contributed by atoms with Crippen LogP contribution in [0.4, 0.5) is 0 Å². The number of ether oxygens (including phenoxy) is 1. The highest BCUT2D eigenvalue weighted by molar-refractivity contribution is 5.03. The van der Waals surface area contributed by atoms with Crippen molar-refractivity contribution in [2.45, 2.75) is 32.6 Å². The molecule has 1 heterocycles. The van der Waals surface area contributed by atoms with Crippen LogP contribution in [-0.2, 0) is 11.2 Å². The highest BCUT2D eigenvalue weighted by Gasteiger charge is 1.93. The van der Waals surface area contributed by atoms with Gasteiger partial charge in [-0.3, -0.25) is 4.98 Å². The minimum Gasteiger partial charge on any atom is -0.381 e. The Kier molecular flexibility index (Phi) is 8.51. The van der Waals surface area contributed by atoms with Gasteiger partial charge in [0.05, 0.1) is 6.61 Å². The summed E-state index contributed by atoms with van der Waals surface area (Å²) in [5.41, 5.74) is 1.11. The Labute approximate surface area is 105 Å². The van der Waals surface area contributed by atoms with E-state index in [4.69, 9.17) is 4.74 Å². The predicted molar refractivity (Wildman–Crippen MR) is 71.2 cm³/mol. The summed E-state index contributed by atoms with van der Waals surface area (Å²) in [5.74, 6) is 0. The minimum atomic E-state index is 0.777. The van der Waals surface area contributed by atoms with Gasteiger partial charge in [0.1, 0.15) is 0 Å². The highest BCUT2D eigenvalue weighted by Crippen LogP contribution is 1.96. The number of hydrogen-bond acceptors (Lipinski definition) is 3. The van der Waals surface area contributed by atoms with Gasteiger partial charge in [-0.15, -0.1) is 0 Å². The van der Waals surface area contributed by atoms with Gasteiger partial charge in [0, 0.05) is 24.9 Å². The van der Waals surface area contributed by atoms with Gasteiger partial charge in [0.15, 0.2) is 0 Å². The molecule has 17 heavy (non-hydrogen) atoms. The van der Waals surface area contributed by atoms with Gasteiger partial charge in [0.25, 0.3) is 0 Å². The lowest BCUT2D eigenvalue weighted by Gasteiger charge is -2.05. The van der Waals surface area contributed by atoms with Crippen LogP contribution in [0.3, 0.4) is 0 Å². The first-order chi connectivity index (χ1) is 8.43. The van der Waals surface area contributed by atoms with Crippen molar-refractivity contribution in [3.63, 3.8) is 0 Å². The third-order valence-corrected chi connectivity index (χ3v) is 2.55. The second kappa shape index (κ2) is 10.2. The number of rotatable bonds is 10. The Bertz CT molecular complexity index is 264. The molecule has 3 heteroatoms. The van der Waals surface area contributed by atoms with E-state index >= 15 is 0 Å². The standard InChI is InChI=1S/C14H24N2O/c1-2-9-15-10-5-6-12-17-13-8-14-7-3-4-11-16-14/h3-4,7,11,15H,2,5-6,8-10,12-13H2,1H3. The molecule has 0 aliphatic rings. The van der Waals surface area contributed by atoms with Gasteiger partial charge in [-0.2, -0.15) is 0 Å². The molecule has 1 rings (SSSR count). The van der Waals surface area contributed by atoms with Crippen molar-refractivity contribution in [1.82, 2.24) is 10.3 Å². The quantitative estimate of drug-likeness (QED) is 0.634. The molecule has 3 nitrogen and oxygen atoms in total. The SMILES string of the molecule is CCCNCCCCOCCc1ccccn1. The molecule has 96 valence electrons. The zero-order valence-corrected chi connectivity index (χ0v) is 10.8. The van der Waals surface area contributed by atoms with Crippen LogP contribution < -0.4 is 5.32 Å². The first-order valence-corrected chi connectivity index (χ1v) is 6.62. The van der Waals surface area contributed by atoms with Crippen LogP contribution in [-0.4, -0.2) is 31.3 Å². The normalized spacial score (nSPS) is 10.6. The van der Waals surface area contributed by atoms with Crippen molar-refractivity contribution in [3.05, 3.63) is 30.1 Å². The minimum absolute atomic E-state index is 0.777. The summed E-state index contributed by atoms with van der Waals surface area (Å²) in [6, 6.07) is 5.99. The summed E-state index contributed by atoms with van der Waals surface area (Å²) in [6.45, 7) is 6.06.